The van der Waals surface area contributed by atoms with Gasteiger partial charge in [0.15, 0.2) is 4.90 Å². The van der Waals surface area contributed by atoms with Gasteiger partial charge in [-0.05, 0) is 12.1 Å². The standard InChI is InChI=1S/C10H12ClN3O5S/c1-7(15)12-4-5-13-20(18,19)10-3-2-8(11)6-9(10)14(16)17/h2-3,6,13H,4-5H2,1H3,(H,12,15). The molecule has 1 amide bonds. The van der Waals surface area contributed by atoms with Crippen molar-refractivity contribution in [3.05, 3.63) is 33.3 Å². The van der Waals surface area contributed by atoms with Gasteiger partial charge in [-0.25, -0.2) is 13.1 Å². The number of carbonyl (C=O) groups is 1. The zero-order valence-electron chi connectivity index (χ0n) is 10.4. The lowest BCUT2D eigenvalue weighted by atomic mass is 10.3. The van der Waals surface area contributed by atoms with Crippen LogP contribution < -0.4 is 10.0 Å². The first-order valence-electron chi connectivity index (χ1n) is 5.42. The Bertz CT molecular complexity index is 632. The van der Waals surface area contributed by atoms with Gasteiger partial charge < -0.3 is 5.32 Å². The molecule has 0 aliphatic carbocycles. The number of halogens is 1. The third-order valence-electron chi connectivity index (χ3n) is 2.20. The largest absolute Gasteiger partial charge is 0.355 e. The van der Waals surface area contributed by atoms with E-state index in [2.05, 4.69) is 10.0 Å². The van der Waals surface area contributed by atoms with Gasteiger partial charge >= 0.3 is 0 Å². The van der Waals surface area contributed by atoms with E-state index in [4.69, 9.17) is 11.6 Å². The van der Waals surface area contributed by atoms with E-state index >= 15 is 0 Å². The first-order chi connectivity index (χ1) is 9.24. The zero-order chi connectivity index (χ0) is 15.3. The van der Waals surface area contributed by atoms with Crippen LogP contribution in [0.3, 0.4) is 0 Å². The monoisotopic (exact) mass is 321 g/mol. The Balaban J connectivity index is 2.92. The molecule has 1 aromatic carbocycles. The lowest BCUT2D eigenvalue weighted by molar-refractivity contribution is -0.387. The minimum atomic E-state index is -4.05. The molecule has 0 saturated carbocycles. The average molecular weight is 322 g/mol. The highest BCUT2D eigenvalue weighted by molar-refractivity contribution is 7.89. The van der Waals surface area contributed by atoms with Crippen LogP contribution in [-0.2, 0) is 14.8 Å². The highest BCUT2D eigenvalue weighted by Gasteiger charge is 2.25. The van der Waals surface area contributed by atoms with Crippen LogP contribution >= 0.6 is 11.6 Å². The summed E-state index contributed by atoms with van der Waals surface area (Å²) in [5, 5.41) is 13.3. The van der Waals surface area contributed by atoms with Crippen molar-refractivity contribution >= 4 is 33.2 Å². The van der Waals surface area contributed by atoms with Gasteiger partial charge in [0.25, 0.3) is 5.69 Å². The molecule has 10 heteroatoms. The third-order valence-corrected chi connectivity index (χ3v) is 3.94. The second kappa shape index (κ2) is 6.64. The number of benzene rings is 1. The van der Waals surface area contributed by atoms with Gasteiger partial charge in [-0.15, -0.1) is 0 Å². The van der Waals surface area contributed by atoms with Crippen LogP contribution in [0.4, 0.5) is 5.69 Å². The summed E-state index contributed by atoms with van der Waals surface area (Å²) < 4.78 is 26.0. The van der Waals surface area contributed by atoms with Crippen LogP contribution in [0, 0.1) is 10.1 Å². The number of hydrogen-bond donors (Lipinski definition) is 2. The van der Waals surface area contributed by atoms with E-state index in [-0.39, 0.29) is 24.0 Å². The molecule has 0 spiro atoms. The molecule has 0 aromatic heterocycles. The van der Waals surface area contributed by atoms with Crippen molar-refractivity contribution in [1.29, 1.82) is 0 Å². The van der Waals surface area contributed by atoms with Gasteiger partial charge in [0, 0.05) is 31.1 Å². The second-order valence-corrected chi connectivity index (χ2v) is 5.92. The first kappa shape index (κ1) is 16.3. The summed E-state index contributed by atoms with van der Waals surface area (Å²) in [6, 6.07) is 3.27. The Labute approximate surface area is 120 Å². The van der Waals surface area contributed by atoms with Crippen LogP contribution in [0.2, 0.25) is 5.02 Å². The molecular weight excluding hydrogens is 310 g/mol. The molecule has 0 saturated heterocycles. The summed E-state index contributed by atoms with van der Waals surface area (Å²) in [6.07, 6.45) is 0. The van der Waals surface area contributed by atoms with E-state index in [1.54, 1.807) is 0 Å². The van der Waals surface area contributed by atoms with Gasteiger partial charge in [0.2, 0.25) is 15.9 Å². The molecule has 0 unspecified atom stereocenters. The average Bonchev–Trinajstić information content (AvgIpc) is 2.34. The van der Waals surface area contributed by atoms with Crippen LogP contribution in [-0.4, -0.2) is 32.3 Å². The number of sulfonamides is 1. The van der Waals surface area contributed by atoms with Crippen molar-refractivity contribution in [2.75, 3.05) is 13.1 Å². The molecule has 0 atom stereocenters. The molecule has 1 aromatic rings. The Morgan fingerprint density at radius 1 is 1.40 bits per heavy atom. The molecule has 0 bridgehead atoms. The fraction of sp³-hybridized carbons (Fsp3) is 0.300. The van der Waals surface area contributed by atoms with Gasteiger partial charge in [-0.1, -0.05) is 11.6 Å². The third kappa shape index (κ3) is 4.44. The topological polar surface area (TPSA) is 118 Å². The number of nitrogens with one attached hydrogen (secondary N) is 2. The second-order valence-electron chi connectivity index (χ2n) is 3.75. The summed E-state index contributed by atoms with van der Waals surface area (Å²) in [5.74, 6) is -0.304. The summed E-state index contributed by atoms with van der Waals surface area (Å²) in [7, 11) is -4.05. The maximum Gasteiger partial charge on any atom is 0.290 e. The predicted molar refractivity (Wildman–Crippen MR) is 72.0 cm³/mol. The smallest absolute Gasteiger partial charge is 0.290 e. The fourth-order valence-electron chi connectivity index (χ4n) is 1.36. The van der Waals surface area contributed by atoms with E-state index < -0.39 is 25.5 Å². The van der Waals surface area contributed by atoms with Crippen molar-refractivity contribution in [2.45, 2.75) is 11.8 Å². The number of nitro groups is 1. The zero-order valence-corrected chi connectivity index (χ0v) is 12.0. The van der Waals surface area contributed by atoms with Crippen molar-refractivity contribution in [1.82, 2.24) is 10.0 Å². The molecule has 0 heterocycles. The number of nitro benzene ring substituents is 1. The molecule has 0 aliphatic heterocycles. The van der Waals surface area contributed by atoms with Crippen molar-refractivity contribution in [2.24, 2.45) is 0 Å². The lowest BCUT2D eigenvalue weighted by Crippen LogP contribution is -2.33. The summed E-state index contributed by atoms with van der Waals surface area (Å²) >= 11 is 5.61. The fourth-order valence-corrected chi connectivity index (χ4v) is 2.71. The number of nitrogens with zero attached hydrogens (tertiary/aromatic N) is 1. The summed E-state index contributed by atoms with van der Waals surface area (Å²) in [4.78, 5) is 20.2. The number of rotatable bonds is 6. The SMILES string of the molecule is CC(=O)NCCNS(=O)(=O)c1ccc(Cl)cc1[N+](=O)[O-]. The van der Waals surface area contributed by atoms with Crippen LogP contribution in [0.25, 0.3) is 0 Å². The quantitative estimate of drug-likeness (QED) is 0.453. The molecule has 110 valence electrons. The summed E-state index contributed by atoms with van der Waals surface area (Å²) in [5.41, 5.74) is -0.607. The summed E-state index contributed by atoms with van der Waals surface area (Å²) in [6.45, 7) is 1.29. The molecule has 0 aliphatic rings. The minimum absolute atomic E-state index is 0.0638. The maximum absolute atomic E-state index is 11.9. The van der Waals surface area contributed by atoms with Crippen molar-refractivity contribution in [3.8, 4) is 0 Å². The van der Waals surface area contributed by atoms with Crippen molar-refractivity contribution in [3.63, 3.8) is 0 Å². The van der Waals surface area contributed by atoms with Gasteiger partial charge in [-0.2, -0.15) is 0 Å². The molecule has 1 rings (SSSR count). The van der Waals surface area contributed by atoms with E-state index in [9.17, 15) is 23.3 Å². The molecular formula is C10H12ClN3O5S. The minimum Gasteiger partial charge on any atom is -0.355 e. The molecule has 8 nitrogen and oxygen atoms in total. The molecule has 0 fully saturated rings. The van der Waals surface area contributed by atoms with E-state index in [0.29, 0.717) is 0 Å². The predicted octanol–water partition coefficient (Wildman–Crippen LogP) is 0.663. The van der Waals surface area contributed by atoms with Gasteiger partial charge in [0.1, 0.15) is 0 Å². The Morgan fingerprint density at radius 2 is 2.05 bits per heavy atom. The van der Waals surface area contributed by atoms with E-state index in [1.165, 1.54) is 13.0 Å². The number of carbonyl (C=O) groups excluding carboxylic acids is 1. The Kier molecular flexibility index (Phi) is 5.43. The van der Waals surface area contributed by atoms with Crippen LogP contribution in [0.5, 0.6) is 0 Å². The lowest BCUT2D eigenvalue weighted by Gasteiger charge is -2.07. The first-order valence-corrected chi connectivity index (χ1v) is 7.28. The highest BCUT2D eigenvalue weighted by Crippen LogP contribution is 2.26. The molecule has 0 radical (unpaired) electrons. The normalized spacial score (nSPS) is 11.1. The number of hydrogen-bond acceptors (Lipinski definition) is 5. The molecule has 2 N–H and O–H groups in total. The van der Waals surface area contributed by atoms with E-state index in [0.717, 1.165) is 12.1 Å². The van der Waals surface area contributed by atoms with Crippen LogP contribution in [0.15, 0.2) is 23.1 Å². The van der Waals surface area contributed by atoms with Gasteiger partial charge in [0.05, 0.1) is 4.92 Å². The highest BCUT2D eigenvalue weighted by atomic mass is 35.5. The Hall–Kier alpha value is -1.71. The number of amides is 1. The van der Waals surface area contributed by atoms with Gasteiger partial charge in [-0.3, -0.25) is 14.9 Å². The Morgan fingerprint density at radius 3 is 2.60 bits per heavy atom. The van der Waals surface area contributed by atoms with Crippen molar-refractivity contribution < 1.29 is 18.1 Å². The van der Waals surface area contributed by atoms with E-state index in [1.807, 2.05) is 0 Å². The van der Waals surface area contributed by atoms with Crippen LogP contribution in [0.1, 0.15) is 6.92 Å². The maximum atomic E-state index is 11.9. The molecule has 20 heavy (non-hydrogen) atoms.